The fourth-order valence-corrected chi connectivity index (χ4v) is 1.08. The zero-order chi connectivity index (χ0) is 8.81. The van der Waals surface area contributed by atoms with Gasteiger partial charge in [0, 0.05) is 0 Å². The summed E-state index contributed by atoms with van der Waals surface area (Å²) in [5, 5.41) is 0. The van der Waals surface area contributed by atoms with Gasteiger partial charge in [-0.3, -0.25) is 0 Å². The van der Waals surface area contributed by atoms with Crippen molar-refractivity contribution >= 4 is 6.08 Å². The zero-order valence-corrected chi connectivity index (χ0v) is 7.46. The summed E-state index contributed by atoms with van der Waals surface area (Å²) in [7, 11) is 0. The second-order valence-electron chi connectivity index (χ2n) is 2.84. The largest absolute Gasteiger partial charge is 0.330 e. The lowest BCUT2D eigenvalue weighted by atomic mass is 10.1. The second kappa shape index (κ2) is 4.73. The van der Waals surface area contributed by atoms with Crippen molar-refractivity contribution < 1.29 is 0 Å². The van der Waals surface area contributed by atoms with Gasteiger partial charge in [0.25, 0.3) is 0 Å². The van der Waals surface area contributed by atoms with Gasteiger partial charge in [-0.25, -0.2) is 0 Å². The maximum atomic E-state index is 5.38. The Morgan fingerprint density at radius 2 is 2.08 bits per heavy atom. The fourth-order valence-electron chi connectivity index (χ4n) is 1.08. The van der Waals surface area contributed by atoms with Gasteiger partial charge in [0.2, 0.25) is 0 Å². The Bertz CT molecular complexity index is 263. The van der Waals surface area contributed by atoms with E-state index in [0.717, 1.165) is 13.0 Å². The molecule has 1 rings (SSSR count). The standard InChI is InChI=1S/C11H15N/c1-10-6-2-3-7-11(10)8-4-5-9-12/h2-4,6-8H,5,9,12H2,1H3. The Labute approximate surface area is 73.9 Å². The quantitative estimate of drug-likeness (QED) is 0.723. The van der Waals surface area contributed by atoms with E-state index in [4.69, 9.17) is 5.73 Å². The summed E-state index contributed by atoms with van der Waals surface area (Å²) in [6, 6.07) is 8.33. The van der Waals surface area contributed by atoms with Crippen LogP contribution in [0.1, 0.15) is 17.5 Å². The lowest BCUT2D eigenvalue weighted by molar-refractivity contribution is 1.01. The van der Waals surface area contributed by atoms with E-state index in [1.807, 2.05) is 0 Å². The number of hydrogen-bond donors (Lipinski definition) is 1. The van der Waals surface area contributed by atoms with Crippen LogP contribution in [0.5, 0.6) is 0 Å². The summed E-state index contributed by atoms with van der Waals surface area (Å²) in [5.74, 6) is 0. The smallest absolute Gasteiger partial charge is 0.00425 e. The summed E-state index contributed by atoms with van der Waals surface area (Å²) in [5.41, 5.74) is 7.97. The molecule has 2 N–H and O–H groups in total. The first-order valence-corrected chi connectivity index (χ1v) is 4.27. The van der Waals surface area contributed by atoms with Crippen molar-refractivity contribution in [1.29, 1.82) is 0 Å². The third-order valence-electron chi connectivity index (χ3n) is 1.82. The van der Waals surface area contributed by atoms with E-state index in [-0.39, 0.29) is 0 Å². The maximum Gasteiger partial charge on any atom is -0.00425 e. The molecule has 0 fully saturated rings. The monoisotopic (exact) mass is 161 g/mol. The Kier molecular flexibility index (Phi) is 3.55. The van der Waals surface area contributed by atoms with Crippen molar-refractivity contribution in [3.05, 3.63) is 41.5 Å². The van der Waals surface area contributed by atoms with Crippen molar-refractivity contribution in [1.82, 2.24) is 0 Å². The number of benzene rings is 1. The van der Waals surface area contributed by atoms with Crippen molar-refractivity contribution in [3.8, 4) is 0 Å². The van der Waals surface area contributed by atoms with Crippen LogP contribution in [-0.2, 0) is 0 Å². The van der Waals surface area contributed by atoms with E-state index in [1.54, 1.807) is 0 Å². The topological polar surface area (TPSA) is 26.0 Å². The number of nitrogens with two attached hydrogens (primary N) is 1. The molecule has 64 valence electrons. The van der Waals surface area contributed by atoms with Crippen LogP contribution in [-0.4, -0.2) is 6.54 Å². The summed E-state index contributed by atoms with van der Waals surface area (Å²) in [6.07, 6.45) is 5.19. The van der Waals surface area contributed by atoms with Gasteiger partial charge >= 0.3 is 0 Å². The Morgan fingerprint density at radius 3 is 2.75 bits per heavy atom. The molecule has 0 heterocycles. The molecule has 0 radical (unpaired) electrons. The van der Waals surface area contributed by atoms with E-state index < -0.39 is 0 Å². The number of hydrogen-bond acceptors (Lipinski definition) is 1. The van der Waals surface area contributed by atoms with Crippen molar-refractivity contribution in [2.24, 2.45) is 5.73 Å². The molecule has 0 bridgehead atoms. The first-order chi connectivity index (χ1) is 5.84. The summed E-state index contributed by atoms with van der Waals surface area (Å²) >= 11 is 0. The van der Waals surface area contributed by atoms with Crippen LogP contribution in [0.15, 0.2) is 30.3 Å². The van der Waals surface area contributed by atoms with Crippen LogP contribution in [0, 0.1) is 6.92 Å². The molecule has 0 spiro atoms. The van der Waals surface area contributed by atoms with Crippen LogP contribution >= 0.6 is 0 Å². The maximum absolute atomic E-state index is 5.38. The Hall–Kier alpha value is -1.08. The molecule has 1 heteroatoms. The SMILES string of the molecule is Cc1ccccc1C=CCCN. The number of rotatable bonds is 3. The van der Waals surface area contributed by atoms with Gasteiger partial charge in [0.05, 0.1) is 0 Å². The predicted octanol–water partition coefficient (Wildman–Crippen LogP) is 2.36. The van der Waals surface area contributed by atoms with Crippen LogP contribution in [0.25, 0.3) is 6.08 Å². The summed E-state index contributed by atoms with van der Waals surface area (Å²) in [4.78, 5) is 0. The molecule has 0 aliphatic rings. The molecule has 0 aliphatic heterocycles. The molecule has 1 aromatic carbocycles. The van der Waals surface area contributed by atoms with Crippen LogP contribution in [0.2, 0.25) is 0 Å². The molecule has 0 amide bonds. The first kappa shape index (κ1) is 9.01. The van der Waals surface area contributed by atoms with Crippen LogP contribution in [0.4, 0.5) is 0 Å². The minimum atomic E-state index is 0.725. The average Bonchev–Trinajstić information content (AvgIpc) is 2.09. The van der Waals surface area contributed by atoms with Crippen molar-refractivity contribution in [2.45, 2.75) is 13.3 Å². The Morgan fingerprint density at radius 1 is 1.33 bits per heavy atom. The molecule has 1 nitrogen and oxygen atoms in total. The van der Waals surface area contributed by atoms with Gasteiger partial charge < -0.3 is 5.73 Å². The van der Waals surface area contributed by atoms with E-state index in [1.165, 1.54) is 11.1 Å². The molecule has 0 saturated carbocycles. The first-order valence-electron chi connectivity index (χ1n) is 4.27. The highest BCUT2D eigenvalue weighted by Crippen LogP contribution is 2.08. The van der Waals surface area contributed by atoms with Crippen LogP contribution in [0.3, 0.4) is 0 Å². The highest BCUT2D eigenvalue weighted by molar-refractivity contribution is 5.53. The molecule has 0 aromatic heterocycles. The van der Waals surface area contributed by atoms with Crippen molar-refractivity contribution in [2.75, 3.05) is 6.54 Å². The van der Waals surface area contributed by atoms with Gasteiger partial charge in [-0.2, -0.15) is 0 Å². The van der Waals surface area contributed by atoms with Gasteiger partial charge in [0.1, 0.15) is 0 Å². The molecule has 0 atom stereocenters. The highest BCUT2D eigenvalue weighted by atomic mass is 14.5. The van der Waals surface area contributed by atoms with E-state index in [9.17, 15) is 0 Å². The van der Waals surface area contributed by atoms with Gasteiger partial charge in [-0.15, -0.1) is 0 Å². The van der Waals surface area contributed by atoms with E-state index in [2.05, 4.69) is 43.3 Å². The van der Waals surface area contributed by atoms with E-state index in [0.29, 0.717) is 0 Å². The number of aryl methyl sites for hydroxylation is 1. The van der Waals surface area contributed by atoms with E-state index >= 15 is 0 Å². The highest BCUT2D eigenvalue weighted by Gasteiger charge is 1.89. The molecule has 0 saturated heterocycles. The van der Waals surface area contributed by atoms with Gasteiger partial charge in [-0.1, -0.05) is 36.4 Å². The molecule has 1 aromatic rings. The summed E-state index contributed by atoms with van der Waals surface area (Å²) < 4.78 is 0. The zero-order valence-electron chi connectivity index (χ0n) is 7.46. The molecular formula is C11H15N. The predicted molar refractivity (Wildman–Crippen MR) is 53.9 cm³/mol. The fraction of sp³-hybridized carbons (Fsp3) is 0.273. The molecule has 0 aliphatic carbocycles. The minimum absolute atomic E-state index is 0.725. The summed E-state index contributed by atoms with van der Waals surface area (Å²) in [6.45, 7) is 2.84. The molecule has 0 unspecified atom stereocenters. The average molecular weight is 161 g/mol. The Balaban J connectivity index is 2.68. The second-order valence-corrected chi connectivity index (χ2v) is 2.84. The third kappa shape index (κ3) is 2.51. The molecule has 12 heavy (non-hydrogen) atoms. The van der Waals surface area contributed by atoms with Crippen LogP contribution < -0.4 is 5.73 Å². The normalized spacial score (nSPS) is 10.8. The minimum Gasteiger partial charge on any atom is -0.330 e. The van der Waals surface area contributed by atoms with Gasteiger partial charge in [0.15, 0.2) is 0 Å². The van der Waals surface area contributed by atoms with Gasteiger partial charge in [-0.05, 0) is 31.0 Å². The lowest BCUT2D eigenvalue weighted by Gasteiger charge is -1.97. The van der Waals surface area contributed by atoms with Crippen molar-refractivity contribution in [3.63, 3.8) is 0 Å². The molecular weight excluding hydrogens is 146 g/mol. The lowest BCUT2D eigenvalue weighted by Crippen LogP contribution is -1.95. The third-order valence-corrected chi connectivity index (χ3v) is 1.82.